The summed E-state index contributed by atoms with van der Waals surface area (Å²) in [6, 6.07) is 14.6. The Morgan fingerprint density at radius 3 is 2.52 bits per heavy atom. The lowest BCUT2D eigenvalue weighted by atomic mass is 10.1. The third-order valence-electron chi connectivity index (χ3n) is 5.04. The van der Waals surface area contributed by atoms with Gasteiger partial charge in [-0.25, -0.2) is 0 Å². The lowest BCUT2D eigenvalue weighted by Gasteiger charge is -2.32. The number of benzene rings is 2. The number of hydrogen-bond donors (Lipinski definition) is 3. The van der Waals surface area contributed by atoms with Crippen LogP contribution in [0.15, 0.2) is 48.5 Å². The second-order valence-electron chi connectivity index (χ2n) is 7.32. The molecule has 2 amide bonds. The molecule has 2 aromatic rings. The largest absolute Gasteiger partial charge is 0.351 e. The van der Waals surface area contributed by atoms with Crippen LogP contribution < -0.4 is 16.4 Å². The Morgan fingerprint density at radius 2 is 1.76 bits per heavy atom. The van der Waals surface area contributed by atoms with E-state index < -0.39 is 0 Å². The van der Waals surface area contributed by atoms with Crippen molar-refractivity contribution < 1.29 is 9.59 Å². The molecule has 0 atom stereocenters. The number of carbonyl (C=O) groups is 2. The molecule has 0 bridgehead atoms. The number of nitrogens with two attached hydrogens (primary N) is 1. The van der Waals surface area contributed by atoms with Crippen molar-refractivity contribution in [2.75, 3.05) is 51.6 Å². The van der Waals surface area contributed by atoms with E-state index in [1.54, 1.807) is 30.3 Å². The van der Waals surface area contributed by atoms with Crippen molar-refractivity contribution in [3.8, 4) is 0 Å². The highest BCUT2D eigenvalue weighted by atomic mass is 16.2. The van der Waals surface area contributed by atoms with E-state index >= 15 is 0 Å². The first-order chi connectivity index (χ1) is 14.1. The first-order valence-corrected chi connectivity index (χ1v) is 9.95. The van der Waals surface area contributed by atoms with Gasteiger partial charge >= 0.3 is 0 Å². The van der Waals surface area contributed by atoms with Crippen LogP contribution >= 0.6 is 0 Å². The van der Waals surface area contributed by atoms with Gasteiger partial charge in [0.1, 0.15) is 0 Å². The van der Waals surface area contributed by atoms with Gasteiger partial charge in [0.15, 0.2) is 0 Å². The number of nitrogens with one attached hydrogen (secondary N) is 2. The Balaban J connectivity index is 1.68. The molecule has 7 nitrogen and oxygen atoms in total. The minimum absolute atomic E-state index is 0.232. The monoisotopic (exact) mass is 395 g/mol. The summed E-state index contributed by atoms with van der Waals surface area (Å²) in [5, 5.41) is 5.61. The summed E-state index contributed by atoms with van der Waals surface area (Å²) in [5.74, 6) is -0.487. The zero-order valence-electron chi connectivity index (χ0n) is 16.9. The van der Waals surface area contributed by atoms with Gasteiger partial charge in [0, 0.05) is 51.4 Å². The second-order valence-corrected chi connectivity index (χ2v) is 7.32. The fourth-order valence-electron chi connectivity index (χ4n) is 3.34. The lowest BCUT2D eigenvalue weighted by Crippen LogP contribution is -2.43. The van der Waals surface area contributed by atoms with E-state index in [9.17, 15) is 9.59 Å². The van der Waals surface area contributed by atoms with Gasteiger partial charge in [-0.05, 0) is 36.9 Å². The normalized spacial score (nSPS) is 15.1. The molecule has 0 saturated carbocycles. The molecule has 0 aliphatic carbocycles. The van der Waals surface area contributed by atoms with E-state index in [1.165, 1.54) is 0 Å². The molecule has 1 fully saturated rings. The summed E-state index contributed by atoms with van der Waals surface area (Å²) in [5.41, 5.74) is 8.03. The third kappa shape index (κ3) is 5.87. The highest BCUT2D eigenvalue weighted by Gasteiger charge is 2.16. The maximum Gasteiger partial charge on any atom is 0.255 e. The number of piperazine rings is 1. The number of para-hydroxylation sites is 1. The Labute approximate surface area is 171 Å². The van der Waals surface area contributed by atoms with Crippen molar-refractivity contribution in [2.24, 2.45) is 5.73 Å². The molecule has 1 saturated heterocycles. The van der Waals surface area contributed by atoms with Crippen LogP contribution in [-0.2, 0) is 6.54 Å². The number of rotatable bonds is 7. The summed E-state index contributed by atoms with van der Waals surface area (Å²) in [4.78, 5) is 29.8. The quantitative estimate of drug-likeness (QED) is 0.659. The van der Waals surface area contributed by atoms with Crippen LogP contribution in [0.2, 0.25) is 0 Å². The van der Waals surface area contributed by atoms with Crippen molar-refractivity contribution >= 4 is 17.5 Å². The number of amides is 2. The average Bonchev–Trinajstić information content (AvgIpc) is 2.74. The smallest absolute Gasteiger partial charge is 0.255 e. The van der Waals surface area contributed by atoms with Gasteiger partial charge in [-0.3, -0.25) is 14.5 Å². The predicted molar refractivity (Wildman–Crippen MR) is 115 cm³/mol. The van der Waals surface area contributed by atoms with Gasteiger partial charge in [-0.15, -0.1) is 0 Å². The third-order valence-corrected chi connectivity index (χ3v) is 5.04. The molecular weight excluding hydrogens is 366 g/mol. The maximum atomic E-state index is 12.8. The summed E-state index contributed by atoms with van der Waals surface area (Å²) in [6.45, 7) is 5.74. The van der Waals surface area contributed by atoms with Crippen LogP contribution in [0, 0.1) is 0 Å². The molecule has 4 N–H and O–H groups in total. The number of likely N-dealkylation sites (N-methyl/N-ethyl adjacent to an activating group) is 1. The van der Waals surface area contributed by atoms with Gasteiger partial charge in [-0.1, -0.05) is 24.3 Å². The second kappa shape index (κ2) is 10.2. The molecule has 0 spiro atoms. The zero-order valence-corrected chi connectivity index (χ0v) is 16.9. The summed E-state index contributed by atoms with van der Waals surface area (Å²) in [6.07, 6.45) is 0. The fraction of sp³-hybridized carbons (Fsp3) is 0.364. The van der Waals surface area contributed by atoms with E-state index in [0.29, 0.717) is 29.9 Å². The number of carbonyl (C=O) groups excluding carboxylic acids is 2. The van der Waals surface area contributed by atoms with Gasteiger partial charge in [0.25, 0.3) is 11.8 Å². The molecule has 2 aromatic carbocycles. The van der Waals surface area contributed by atoms with Crippen molar-refractivity contribution in [3.63, 3.8) is 0 Å². The molecule has 154 valence electrons. The highest BCUT2D eigenvalue weighted by molar-refractivity contribution is 6.09. The highest BCUT2D eigenvalue weighted by Crippen LogP contribution is 2.17. The van der Waals surface area contributed by atoms with Crippen LogP contribution in [0.4, 0.5) is 5.69 Å². The summed E-state index contributed by atoms with van der Waals surface area (Å²) < 4.78 is 0. The standard InChI is InChI=1S/C22H29N5O2/c1-26-11-13-27(14-12-26)16-17-5-4-6-18(15-17)21(28)25-20-8-3-2-7-19(20)22(29)24-10-9-23/h2-8,15H,9-14,16,23H2,1H3,(H,24,29)(H,25,28). The van der Waals surface area contributed by atoms with E-state index in [2.05, 4.69) is 27.5 Å². The Bertz CT molecular complexity index is 847. The molecule has 1 heterocycles. The molecular formula is C22H29N5O2. The predicted octanol–water partition coefficient (Wildman–Crippen LogP) is 1.37. The van der Waals surface area contributed by atoms with Crippen LogP contribution in [0.25, 0.3) is 0 Å². The molecule has 3 rings (SSSR count). The SMILES string of the molecule is CN1CCN(Cc2cccc(C(=O)Nc3ccccc3C(=O)NCCN)c2)CC1. The molecule has 1 aliphatic heterocycles. The minimum Gasteiger partial charge on any atom is -0.351 e. The molecule has 29 heavy (non-hydrogen) atoms. The van der Waals surface area contributed by atoms with E-state index in [0.717, 1.165) is 38.3 Å². The van der Waals surface area contributed by atoms with Gasteiger partial charge in [0.2, 0.25) is 0 Å². The van der Waals surface area contributed by atoms with Crippen molar-refractivity contribution in [1.29, 1.82) is 0 Å². The van der Waals surface area contributed by atoms with Gasteiger partial charge in [0.05, 0.1) is 11.3 Å². The Morgan fingerprint density at radius 1 is 1.00 bits per heavy atom. The molecule has 1 aliphatic rings. The lowest BCUT2D eigenvalue weighted by molar-refractivity contribution is 0.0955. The van der Waals surface area contributed by atoms with Gasteiger partial charge < -0.3 is 21.3 Å². The van der Waals surface area contributed by atoms with Crippen molar-refractivity contribution in [3.05, 3.63) is 65.2 Å². The number of anilines is 1. The number of nitrogens with zero attached hydrogens (tertiary/aromatic N) is 2. The fourth-order valence-corrected chi connectivity index (χ4v) is 3.34. The summed E-state index contributed by atoms with van der Waals surface area (Å²) in [7, 11) is 2.14. The van der Waals surface area contributed by atoms with E-state index in [1.807, 2.05) is 18.2 Å². The summed E-state index contributed by atoms with van der Waals surface area (Å²) >= 11 is 0. The average molecular weight is 396 g/mol. The molecule has 0 unspecified atom stereocenters. The van der Waals surface area contributed by atoms with Gasteiger partial charge in [-0.2, -0.15) is 0 Å². The van der Waals surface area contributed by atoms with Crippen LogP contribution in [-0.4, -0.2) is 67.9 Å². The van der Waals surface area contributed by atoms with Crippen LogP contribution in [0.1, 0.15) is 26.3 Å². The Kier molecular flexibility index (Phi) is 7.35. The molecule has 7 heteroatoms. The van der Waals surface area contributed by atoms with Crippen molar-refractivity contribution in [2.45, 2.75) is 6.54 Å². The Hall–Kier alpha value is -2.74. The minimum atomic E-state index is -0.254. The maximum absolute atomic E-state index is 12.8. The van der Waals surface area contributed by atoms with Crippen LogP contribution in [0.3, 0.4) is 0 Å². The molecule has 0 aromatic heterocycles. The first kappa shape index (κ1) is 21.0. The van der Waals surface area contributed by atoms with E-state index in [-0.39, 0.29) is 11.8 Å². The topological polar surface area (TPSA) is 90.7 Å². The van der Waals surface area contributed by atoms with E-state index in [4.69, 9.17) is 5.73 Å². The van der Waals surface area contributed by atoms with Crippen molar-refractivity contribution in [1.82, 2.24) is 15.1 Å². The first-order valence-electron chi connectivity index (χ1n) is 9.95. The van der Waals surface area contributed by atoms with Crippen LogP contribution in [0.5, 0.6) is 0 Å². The zero-order chi connectivity index (χ0) is 20.6. The molecule has 0 radical (unpaired) electrons. The number of hydrogen-bond acceptors (Lipinski definition) is 5.